The van der Waals surface area contributed by atoms with E-state index in [-0.39, 0.29) is 5.92 Å². The lowest BCUT2D eigenvalue weighted by Gasteiger charge is -2.32. The third-order valence-corrected chi connectivity index (χ3v) is 5.19. The summed E-state index contributed by atoms with van der Waals surface area (Å²) in [4.78, 5) is 15.5. The summed E-state index contributed by atoms with van der Waals surface area (Å²) in [5.41, 5.74) is 2.21. The van der Waals surface area contributed by atoms with Crippen molar-refractivity contribution >= 4 is 0 Å². The third-order valence-electron chi connectivity index (χ3n) is 5.19. The van der Waals surface area contributed by atoms with Gasteiger partial charge in [-0.3, -0.25) is 14.9 Å². The zero-order valence-electron chi connectivity index (χ0n) is 15.8. The Balaban J connectivity index is 1.53. The first-order valence-corrected chi connectivity index (χ1v) is 9.60. The number of halogens is 3. The Labute approximate surface area is 167 Å². The average molecular weight is 398 g/mol. The molecule has 0 bridgehead atoms. The van der Waals surface area contributed by atoms with E-state index in [1.165, 1.54) is 12.3 Å². The molecule has 1 aliphatic heterocycles. The molecule has 3 heterocycles. The van der Waals surface area contributed by atoms with Crippen molar-refractivity contribution in [2.45, 2.75) is 31.5 Å². The minimum Gasteiger partial charge on any atom is -0.298 e. The largest absolute Gasteiger partial charge is 0.416 e. The van der Waals surface area contributed by atoms with E-state index >= 15 is 0 Å². The average Bonchev–Trinajstić information content (AvgIpc) is 2.74. The van der Waals surface area contributed by atoms with E-state index in [4.69, 9.17) is 0 Å². The third kappa shape index (κ3) is 4.79. The highest BCUT2D eigenvalue weighted by molar-refractivity contribution is 5.59. The SMILES string of the molecule is FC(F)(F)c1cccc(-c2cncc(C3CCCN(Cc4cccnc4)C3)n2)c1. The molecule has 0 amide bonds. The summed E-state index contributed by atoms with van der Waals surface area (Å²) in [5.74, 6) is 0.207. The summed E-state index contributed by atoms with van der Waals surface area (Å²) in [6.45, 7) is 2.67. The molecule has 4 rings (SSSR count). The predicted octanol–water partition coefficient (Wildman–Crippen LogP) is 4.94. The van der Waals surface area contributed by atoms with Crippen LogP contribution in [0.2, 0.25) is 0 Å². The monoisotopic (exact) mass is 398 g/mol. The Kier molecular flexibility index (Phi) is 5.58. The molecule has 0 spiro atoms. The number of alkyl halides is 3. The fourth-order valence-electron chi connectivity index (χ4n) is 3.76. The number of hydrogen-bond donors (Lipinski definition) is 0. The van der Waals surface area contributed by atoms with E-state index in [0.29, 0.717) is 11.3 Å². The Morgan fingerprint density at radius 1 is 1.03 bits per heavy atom. The summed E-state index contributed by atoms with van der Waals surface area (Å²) in [6, 6.07) is 9.23. The maximum Gasteiger partial charge on any atom is 0.416 e. The molecule has 2 aromatic heterocycles. The lowest BCUT2D eigenvalue weighted by atomic mass is 9.94. The highest BCUT2D eigenvalue weighted by atomic mass is 19.4. The second kappa shape index (κ2) is 8.29. The predicted molar refractivity (Wildman–Crippen MR) is 104 cm³/mol. The first kappa shape index (κ1) is 19.5. The van der Waals surface area contributed by atoms with E-state index in [1.54, 1.807) is 18.5 Å². The normalized spacial score (nSPS) is 18.0. The van der Waals surface area contributed by atoms with E-state index in [2.05, 4.69) is 25.9 Å². The van der Waals surface area contributed by atoms with Crippen molar-refractivity contribution < 1.29 is 13.2 Å². The maximum atomic E-state index is 13.0. The molecule has 1 saturated heterocycles. The molecule has 1 aliphatic rings. The molecule has 1 unspecified atom stereocenters. The molecule has 1 aromatic carbocycles. The van der Waals surface area contributed by atoms with Crippen molar-refractivity contribution in [3.05, 3.63) is 78.0 Å². The van der Waals surface area contributed by atoms with Gasteiger partial charge >= 0.3 is 6.18 Å². The summed E-state index contributed by atoms with van der Waals surface area (Å²) in [7, 11) is 0. The first-order valence-electron chi connectivity index (χ1n) is 9.60. The van der Waals surface area contributed by atoms with Crippen LogP contribution in [0.5, 0.6) is 0 Å². The molecule has 29 heavy (non-hydrogen) atoms. The van der Waals surface area contributed by atoms with E-state index < -0.39 is 11.7 Å². The van der Waals surface area contributed by atoms with Gasteiger partial charge in [0.15, 0.2) is 0 Å². The van der Waals surface area contributed by atoms with Crippen molar-refractivity contribution in [3.8, 4) is 11.3 Å². The molecule has 3 aromatic rings. The smallest absolute Gasteiger partial charge is 0.298 e. The van der Waals surface area contributed by atoms with Gasteiger partial charge in [-0.15, -0.1) is 0 Å². The highest BCUT2D eigenvalue weighted by Gasteiger charge is 2.30. The number of likely N-dealkylation sites (tertiary alicyclic amines) is 1. The zero-order valence-corrected chi connectivity index (χ0v) is 15.8. The Morgan fingerprint density at radius 2 is 1.93 bits per heavy atom. The molecule has 4 nitrogen and oxygen atoms in total. The standard InChI is InChI=1S/C22H21F3N4/c23-22(24,25)19-7-1-5-17(10-19)20-12-27-13-21(28-20)18-6-3-9-29(15-18)14-16-4-2-8-26-11-16/h1-2,4-5,7-8,10-13,18H,3,6,9,14-15H2. The van der Waals surface area contributed by atoms with Gasteiger partial charge in [-0.25, -0.2) is 4.98 Å². The van der Waals surface area contributed by atoms with Crippen LogP contribution in [-0.2, 0) is 12.7 Å². The second-order valence-corrected chi connectivity index (χ2v) is 7.34. The molecule has 0 saturated carbocycles. The molecule has 0 radical (unpaired) electrons. The van der Waals surface area contributed by atoms with Crippen LogP contribution < -0.4 is 0 Å². The van der Waals surface area contributed by atoms with Crippen LogP contribution in [0.1, 0.15) is 35.6 Å². The van der Waals surface area contributed by atoms with Gasteiger partial charge in [-0.1, -0.05) is 18.2 Å². The number of aromatic nitrogens is 3. The maximum absolute atomic E-state index is 13.0. The van der Waals surface area contributed by atoms with Crippen LogP contribution in [0, 0.1) is 0 Å². The van der Waals surface area contributed by atoms with Gasteiger partial charge in [-0.2, -0.15) is 13.2 Å². The van der Waals surface area contributed by atoms with Crippen LogP contribution in [0.3, 0.4) is 0 Å². The minimum atomic E-state index is -4.38. The molecule has 1 fully saturated rings. The van der Waals surface area contributed by atoms with Crippen molar-refractivity contribution in [3.63, 3.8) is 0 Å². The van der Waals surface area contributed by atoms with E-state index in [9.17, 15) is 13.2 Å². The van der Waals surface area contributed by atoms with Gasteiger partial charge in [0.2, 0.25) is 0 Å². The molecule has 150 valence electrons. The summed E-state index contributed by atoms with van der Waals surface area (Å²) < 4.78 is 39.1. The van der Waals surface area contributed by atoms with Gasteiger partial charge < -0.3 is 0 Å². The van der Waals surface area contributed by atoms with Gasteiger partial charge in [0.05, 0.1) is 23.1 Å². The van der Waals surface area contributed by atoms with Crippen molar-refractivity contribution in [1.82, 2.24) is 19.9 Å². The fraction of sp³-hybridized carbons (Fsp3) is 0.318. The number of pyridine rings is 1. The van der Waals surface area contributed by atoms with Crippen LogP contribution in [0.4, 0.5) is 13.2 Å². The number of nitrogens with zero attached hydrogens (tertiary/aromatic N) is 4. The summed E-state index contributed by atoms with van der Waals surface area (Å²) in [6.07, 6.45) is 4.54. The van der Waals surface area contributed by atoms with Crippen LogP contribution >= 0.6 is 0 Å². The van der Waals surface area contributed by atoms with Crippen molar-refractivity contribution in [2.75, 3.05) is 13.1 Å². The number of benzene rings is 1. The summed E-state index contributed by atoms with van der Waals surface area (Å²) in [5, 5.41) is 0. The van der Waals surface area contributed by atoms with Crippen molar-refractivity contribution in [1.29, 1.82) is 0 Å². The Bertz CT molecular complexity index is 960. The zero-order chi connectivity index (χ0) is 20.3. The molecular weight excluding hydrogens is 377 g/mol. The number of hydrogen-bond acceptors (Lipinski definition) is 4. The van der Waals surface area contributed by atoms with Gasteiger partial charge in [0, 0.05) is 43.2 Å². The van der Waals surface area contributed by atoms with Crippen molar-refractivity contribution in [2.24, 2.45) is 0 Å². The second-order valence-electron chi connectivity index (χ2n) is 7.34. The van der Waals surface area contributed by atoms with Gasteiger partial charge in [0.1, 0.15) is 0 Å². The minimum absolute atomic E-state index is 0.207. The van der Waals surface area contributed by atoms with E-state index in [0.717, 1.165) is 55.9 Å². The quantitative estimate of drug-likeness (QED) is 0.625. The van der Waals surface area contributed by atoms with Crippen LogP contribution in [0.25, 0.3) is 11.3 Å². The fourth-order valence-corrected chi connectivity index (χ4v) is 3.76. The molecule has 1 atom stereocenters. The first-order chi connectivity index (χ1) is 14.0. The summed E-state index contributed by atoms with van der Waals surface area (Å²) >= 11 is 0. The molecule has 7 heteroatoms. The number of piperidine rings is 1. The van der Waals surface area contributed by atoms with Gasteiger partial charge in [-0.05, 0) is 43.1 Å². The highest BCUT2D eigenvalue weighted by Crippen LogP contribution is 2.32. The molecular formula is C22H21F3N4. The lowest BCUT2D eigenvalue weighted by Crippen LogP contribution is -2.34. The topological polar surface area (TPSA) is 41.9 Å². The Hall–Kier alpha value is -2.80. The molecule has 0 aliphatic carbocycles. The van der Waals surface area contributed by atoms with Crippen LogP contribution in [-0.4, -0.2) is 32.9 Å². The number of rotatable bonds is 4. The van der Waals surface area contributed by atoms with Crippen LogP contribution in [0.15, 0.2) is 61.2 Å². The molecule has 0 N–H and O–H groups in total. The Morgan fingerprint density at radius 3 is 2.72 bits per heavy atom. The van der Waals surface area contributed by atoms with E-state index in [1.807, 2.05) is 12.3 Å². The van der Waals surface area contributed by atoms with Gasteiger partial charge in [0.25, 0.3) is 0 Å². The lowest BCUT2D eigenvalue weighted by molar-refractivity contribution is -0.137.